The number of aryl methyl sites for hydroxylation is 1. The van der Waals surface area contributed by atoms with E-state index in [0.29, 0.717) is 12.5 Å². The Hall–Kier alpha value is -1.88. The van der Waals surface area contributed by atoms with Gasteiger partial charge >= 0.3 is 0 Å². The number of hydrogen-bond acceptors (Lipinski definition) is 5. The third-order valence-electron chi connectivity index (χ3n) is 4.95. The van der Waals surface area contributed by atoms with E-state index in [-0.39, 0.29) is 30.0 Å². The highest BCUT2D eigenvalue weighted by atomic mass is 127. The van der Waals surface area contributed by atoms with Crippen molar-refractivity contribution in [2.75, 3.05) is 6.54 Å². The molecule has 162 valence electrons. The number of nitrogens with zero attached hydrogens (tertiary/aromatic N) is 4. The van der Waals surface area contributed by atoms with Gasteiger partial charge < -0.3 is 15.1 Å². The fraction of sp³-hybridized carbons (Fsp3) is 0.476. The quantitative estimate of drug-likeness (QED) is 0.270. The predicted molar refractivity (Wildman–Crippen MR) is 131 cm³/mol. The van der Waals surface area contributed by atoms with Gasteiger partial charge in [0.05, 0.1) is 19.4 Å². The van der Waals surface area contributed by atoms with Crippen LogP contribution in [0.2, 0.25) is 0 Å². The van der Waals surface area contributed by atoms with Crippen molar-refractivity contribution >= 4 is 41.3 Å². The maximum Gasteiger partial charge on any atom is 0.191 e. The van der Waals surface area contributed by atoms with Gasteiger partial charge in [-0.05, 0) is 30.0 Å². The molecular formula is C21H29IN6OS. The van der Waals surface area contributed by atoms with E-state index >= 15 is 0 Å². The molecule has 0 saturated carbocycles. The van der Waals surface area contributed by atoms with Gasteiger partial charge in [-0.3, -0.25) is 0 Å². The zero-order valence-corrected chi connectivity index (χ0v) is 20.5. The van der Waals surface area contributed by atoms with E-state index in [9.17, 15) is 0 Å². The van der Waals surface area contributed by atoms with Crippen LogP contribution in [-0.2, 0) is 25.9 Å². The van der Waals surface area contributed by atoms with Crippen LogP contribution < -0.4 is 10.6 Å². The third kappa shape index (κ3) is 6.07. The molecule has 3 aromatic rings. The number of nitrogens with one attached hydrogen (secondary N) is 2. The molecule has 0 bridgehead atoms. The first-order valence-corrected chi connectivity index (χ1v) is 11.1. The fourth-order valence-corrected chi connectivity index (χ4v) is 3.98. The lowest BCUT2D eigenvalue weighted by molar-refractivity contribution is 0.391. The number of hydrogen-bond donors (Lipinski definition) is 2. The van der Waals surface area contributed by atoms with Crippen LogP contribution in [0.4, 0.5) is 0 Å². The number of fused-ring (bicyclic) bond motifs is 1. The SMILES string of the molecule is CC(C)c1nc2n(n1)CC(NC(=NCc1cccs1)NCCc1ccco1)CC2.I. The van der Waals surface area contributed by atoms with Crippen LogP contribution in [0, 0.1) is 0 Å². The zero-order valence-electron chi connectivity index (χ0n) is 17.4. The summed E-state index contributed by atoms with van der Waals surface area (Å²) in [6, 6.07) is 8.37. The molecule has 0 saturated heterocycles. The average Bonchev–Trinajstić information content (AvgIpc) is 3.46. The topological polar surface area (TPSA) is 80.3 Å². The second-order valence-electron chi connectivity index (χ2n) is 7.60. The summed E-state index contributed by atoms with van der Waals surface area (Å²) in [5.74, 6) is 4.19. The molecule has 30 heavy (non-hydrogen) atoms. The van der Waals surface area contributed by atoms with Crippen LogP contribution in [0.1, 0.15) is 48.5 Å². The highest BCUT2D eigenvalue weighted by molar-refractivity contribution is 14.0. The van der Waals surface area contributed by atoms with Gasteiger partial charge in [0.2, 0.25) is 0 Å². The monoisotopic (exact) mass is 540 g/mol. The Bertz CT molecular complexity index is 920. The molecule has 1 aliphatic rings. The Kier molecular flexibility index (Phi) is 8.32. The number of rotatable bonds is 7. The lowest BCUT2D eigenvalue weighted by Gasteiger charge is -2.25. The van der Waals surface area contributed by atoms with Crippen LogP contribution in [0.25, 0.3) is 0 Å². The van der Waals surface area contributed by atoms with Crippen molar-refractivity contribution in [3.63, 3.8) is 0 Å². The molecule has 0 amide bonds. The lowest BCUT2D eigenvalue weighted by Crippen LogP contribution is -2.47. The Morgan fingerprint density at radius 2 is 2.27 bits per heavy atom. The average molecular weight is 540 g/mol. The molecule has 0 fully saturated rings. The van der Waals surface area contributed by atoms with Gasteiger partial charge in [-0.1, -0.05) is 19.9 Å². The molecule has 0 aromatic carbocycles. The van der Waals surface area contributed by atoms with Crippen LogP contribution >= 0.6 is 35.3 Å². The minimum absolute atomic E-state index is 0. The molecule has 4 rings (SSSR count). The van der Waals surface area contributed by atoms with Crippen LogP contribution in [0.5, 0.6) is 0 Å². The molecule has 1 aliphatic heterocycles. The molecular weight excluding hydrogens is 511 g/mol. The van der Waals surface area contributed by atoms with Crippen LogP contribution in [0.15, 0.2) is 45.3 Å². The first-order chi connectivity index (χ1) is 14.2. The van der Waals surface area contributed by atoms with Gasteiger partial charge in [-0.25, -0.2) is 14.7 Å². The Morgan fingerprint density at radius 3 is 3.00 bits per heavy atom. The lowest BCUT2D eigenvalue weighted by atomic mass is 10.1. The molecule has 0 spiro atoms. The van der Waals surface area contributed by atoms with E-state index in [1.165, 1.54) is 4.88 Å². The maximum absolute atomic E-state index is 5.43. The van der Waals surface area contributed by atoms with E-state index in [2.05, 4.69) is 56.8 Å². The Morgan fingerprint density at radius 1 is 1.37 bits per heavy atom. The van der Waals surface area contributed by atoms with Gasteiger partial charge in [-0.15, -0.1) is 35.3 Å². The van der Waals surface area contributed by atoms with Gasteiger partial charge in [0, 0.05) is 36.2 Å². The molecule has 1 unspecified atom stereocenters. The summed E-state index contributed by atoms with van der Waals surface area (Å²) in [7, 11) is 0. The zero-order chi connectivity index (χ0) is 20.1. The summed E-state index contributed by atoms with van der Waals surface area (Å²) >= 11 is 1.73. The Labute approximate surface area is 198 Å². The summed E-state index contributed by atoms with van der Waals surface area (Å²) in [4.78, 5) is 10.7. The molecule has 3 aromatic heterocycles. The number of aromatic nitrogens is 3. The number of aliphatic imine (C=N–C) groups is 1. The summed E-state index contributed by atoms with van der Waals surface area (Å²) in [5, 5.41) is 13.8. The van der Waals surface area contributed by atoms with E-state index in [1.54, 1.807) is 17.6 Å². The third-order valence-corrected chi connectivity index (χ3v) is 5.81. The number of furan rings is 1. The van der Waals surface area contributed by atoms with Crippen molar-refractivity contribution in [2.24, 2.45) is 4.99 Å². The molecule has 7 nitrogen and oxygen atoms in total. The standard InChI is InChI=1S/C21H28N6OS.HI/c1-15(2)20-25-19-8-7-16(14-27(19)26-20)24-21(23-13-18-6-4-12-29-18)22-10-9-17-5-3-11-28-17;/h3-6,11-12,15-16H,7-10,13-14H2,1-2H3,(H2,22,23,24);1H. The normalized spacial score (nSPS) is 16.2. The van der Waals surface area contributed by atoms with E-state index < -0.39 is 0 Å². The van der Waals surface area contributed by atoms with E-state index in [0.717, 1.165) is 55.7 Å². The second-order valence-corrected chi connectivity index (χ2v) is 8.64. The molecule has 2 N–H and O–H groups in total. The van der Waals surface area contributed by atoms with Gasteiger partial charge in [0.1, 0.15) is 11.6 Å². The highest BCUT2D eigenvalue weighted by Gasteiger charge is 2.23. The first kappa shape index (κ1) is 22.8. The number of thiophene rings is 1. The van der Waals surface area contributed by atoms with Crippen molar-refractivity contribution in [2.45, 2.75) is 58.2 Å². The van der Waals surface area contributed by atoms with Crippen molar-refractivity contribution < 1.29 is 4.42 Å². The van der Waals surface area contributed by atoms with Crippen molar-refractivity contribution in [1.82, 2.24) is 25.4 Å². The van der Waals surface area contributed by atoms with Gasteiger partial charge in [-0.2, -0.15) is 5.10 Å². The largest absolute Gasteiger partial charge is 0.469 e. The smallest absolute Gasteiger partial charge is 0.191 e. The molecule has 0 radical (unpaired) electrons. The minimum atomic E-state index is 0. The van der Waals surface area contributed by atoms with Gasteiger partial charge in [0.15, 0.2) is 11.8 Å². The van der Waals surface area contributed by atoms with Crippen molar-refractivity contribution in [3.8, 4) is 0 Å². The van der Waals surface area contributed by atoms with Gasteiger partial charge in [0.25, 0.3) is 0 Å². The van der Waals surface area contributed by atoms with E-state index in [1.807, 2.05) is 12.1 Å². The predicted octanol–water partition coefficient (Wildman–Crippen LogP) is 3.97. The molecule has 9 heteroatoms. The summed E-state index contributed by atoms with van der Waals surface area (Å²) in [5.41, 5.74) is 0. The van der Waals surface area contributed by atoms with Crippen molar-refractivity contribution in [1.29, 1.82) is 0 Å². The highest BCUT2D eigenvalue weighted by Crippen LogP contribution is 2.17. The van der Waals surface area contributed by atoms with Crippen molar-refractivity contribution in [3.05, 3.63) is 58.2 Å². The first-order valence-electron chi connectivity index (χ1n) is 10.2. The second kappa shape index (κ2) is 10.9. The van der Waals surface area contributed by atoms with Crippen LogP contribution in [0.3, 0.4) is 0 Å². The molecule has 0 aliphatic carbocycles. The van der Waals surface area contributed by atoms with Crippen LogP contribution in [-0.4, -0.2) is 33.3 Å². The summed E-state index contributed by atoms with van der Waals surface area (Å²) in [6.45, 7) is 6.52. The molecule has 1 atom stereocenters. The molecule has 4 heterocycles. The minimum Gasteiger partial charge on any atom is -0.469 e. The summed E-state index contributed by atoms with van der Waals surface area (Å²) in [6.07, 6.45) is 4.49. The Balaban J connectivity index is 0.00000256. The fourth-order valence-electron chi connectivity index (χ4n) is 3.35. The number of guanidine groups is 1. The maximum atomic E-state index is 5.43. The number of halogens is 1. The summed E-state index contributed by atoms with van der Waals surface area (Å²) < 4.78 is 7.48. The van der Waals surface area contributed by atoms with E-state index in [4.69, 9.17) is 9.41 Å².